The van der Waals surface area contributed by atoms with Crippen LogP contribution in [0.4, 0.5) is 5.69 Å². The molecule has 3 rings (SSSR count). The van der Waals surface area contributed by atoms with Crippen molar-refractivity contribution < 1.29 is 14.3 Å². The number of hydrogen-bond donors (Lipinski definition) is 2. The van der Waals surface area contributed by atoms with Gasteiger partial charge in [0.15, 0.2) is 0 Å². The summed E-state index contributed by atoms with van der Waals surface area (Å²) < 4.78 is 5.87. The molecule has 0 atom stereocenters. The molecule has 0 saturated carbocycles. The number of para-hydroxylation sites is 1. The molecule has 0 aliphatic carbocycles. The molecule has 0 saturated heterocycles. The summed E-state index contributed by atoms with van der Waals surface area (Å²) in [6.45, 7) is 2.40. The van der Waals surface area contributed by atoms with Crippen LogP contribution in [-0.2, 0) is 6.61 Å². The molecule has 2 amide bonds. The molecule has 0 spiro atoms. The number of aryl methyl sites for hydroxylation is 1. The molecule has 0 aliphatic heterocycles. The average Bonchev–Trinajstić information content (AvgIpc) is 2.67. The van der Waals surface area contributed by atoms with Gasteiger partial charge in [0.1, 0.15) is 12.4 Å². The summed E-state index contributed by atoms with van der Waals surface area (Å²) in [5.74, 6) is -0.297. The van der Waals surface area contributed by atoms with Gasteiger partial charge in [0.05, 0.1) is 5.56 Å². The van der Waals surface area contributed by atoms with E-state index < -0.39 is 5.91 Å². The molecule has 0 bridgehead atoms. The predicted octanol–water partition coefficient (Wildman–Crippen LogP) is 3.93. The van der Waals surface area contributed by atoms with E-state index in [4.69, 9.17) is 10.5 Å². The molecule has 0 heterocycles. The SMILES string of the molecule is Cc1cccc(COc2ccccc2C(=O)Nc2ccc(C(N)=O)cc2)c1. The van der Waals surface area contributed by atoms with Gasteiger partial charge in [-0.1, -0.05) is 42.0 Å². The number of rotatable bonds is 6. The van der Waals surface area contributed by atoms with Crippen LogP contribution in [0, 0.1) is 6.92 Å². The van der Waals surface area contributed by atoms with E-state index in [0.29, 0.717) is 29.2 Å². The molecule has 0 aliphatic rings. The fourth-order valence-electron chi connectivity index (χ4n) is 2.66. The van der Waals surface area contributed by atoms with E-state index in [1.807, 2.05) is 37.3 Å². The Hall–Kier alpha value is -3.60. The largest absolute Gasteiger partial charge is 0.488 e. The topological polar surface area (TPSA) is 81.4 Å². The molecule has 27 heavy (non-hydrogen) atoms. The van der Waals surface area contributed by atoms with Crippen molar-refractivity contribution in [1.29, 1.82) is 0 Å². The van der Waals surface area contributed by atoms with Gasteiger partial charge in [-0.15, -0.1) is 0 Å². The highest BCUT2D eigenvalue weighted by molar-refractivity contribution is 6.06. The van der Waals surface area contributed by atoms with Crippen LogP contribution >= 0.6 is 0 Å². The Bertz CT molecular complexity index is 965. The van der Waals surface area contributed by atoms with Crippen molar-refractivity contribution in [1.82, 2.24) is 0 Å². The van der Waals surface area contributed by atoms with Gasteiger partial charge in [0.25, 0.3) is 5.91 Å². The van der Waals surface area contributed by atoms with Crippen molar-refractivity contribution in [3.05, 3.63) is 95.1 Å². The van der Waals surface area contributed by atoms with Crippen molar-refractivity contribution in [3.63, 3.8) is 0 Å². The summed E-state index contributed by atoms with van der Waals surface area (Å²) in [5, 5.41) is 2.80. The number of anilines is 1. The number of benzene rings is 3. The molecule has 136 valence electrons. The minimum absolute atomic E-state index is 0.290. The molecule has 5 nitrogen and oxygen atoms in total. The van der Waals surface area contributed by atoms with Gasteiger partial charge in [-0.3, -0.25) is 9.59 Å². The van der Waals surface area contributed by atoms with E-state index in [2.05, 4.69) is 5.32 Å². The van der Waals surface area contributed by atoms with Gasteiger partial charge < -0.3 is 15.8 Å². The number of amides is 2. The maximum atomic E-state index is 12.6. The average molecular weight is 360 g/mol. The van der Waals surface area contributed by atoms with Crippen molar-refractivity contribution in [2.45, 2.75) is 13.5 Å². The Kier molecular flexibility index (Phi) is 5.52. The highest BCUT2D eigenvalue weighted by Gasteiger charge is 2.13. The van der Waals surface area contributed by atoms with Crippen LogP contribution in [0.25, 0.3) is 0 Å². The lowest BCUT2D eigenvalue weighted by atomic mass is 10.1. The Labute approximate surface area is 157 Å². The van der Waals surface area contributed by atoms with Crippen LogP contribution in [-0.4, -0.2) is 11.8 Å². The summed E-state index contributed by atoms with van der Waals surface area (Å²) in [5.41, 5.74) is 8.80. The van der Waals surface area contributed by atoms with Crippen LogP contribution in [0.2, 0.25) is 0 Å². The van der Waals surface area contributed by atoms with Crippen LogP contribution < -0.4 is 15.8 Å². The van der Waals surface area contributed by atoms with Crippen LogP contribution in [0.3, 0.4) is 0 Å². The first-order valence-corrected chi connectivity index (χ1v) is 8.51. The van der Waals surface area contributed by atoms with Gasteiger partial charge in [-0.2, -0.15) is 0 Å². The Morgan fingerprint density at radius 2 is 1.70 bits per heavy atom. The Morgan fingerprint density at radius 1 is 0.963 bits per heavy atom. The van der Waals surface area contributed by atoms with Crippen LogP contribution in [0.5, 0.6) is 5.75 Å². The number of hydrogen-bond acceptors (Lipinski definition) is 3. The summed E-state index contributed by atoms with van der Waals surface area (Å²) in [4.78, 5) is 23.8. The second-order valence-corrected chi connectivity index (χ2v) is 6.17. The maximum Gasteiger partial charge on any atom is 0.259 e. The highest BCUT2D eigenvalue weighted by atomic mass is 16.5. The number of primary amides is 1. The number of carbonyl (C=O) groups is 2. The van der Waals surface area contributed by atoms with Gasteiger partial charge in [0.2, 0.25) is 5.91 Å². The first-order valence-electron chi connectivity index (χ1n) is 8.51. The molecular formula is C22H20N2O3. The smallest absolute Gasteiger partial charge is 0.259 e. The summed E-state index contributed by atoms with van der Waals surface area (Å²) in [6.07, 6.45) is 0. The number of ether oxygens (including phenoxy) is 1. The first kappa shape index (κ1) is 18.2. The summed E-state index contributed by atoms with van der Waals surface area (Å²) >= 11 is 0. The minimum atomic E-state index is -0.511. The fraction of sp³-hybridized carbons (Fsp3) is 0.0909. The molecule has 0 aromatic heterocycles. The molecule has 3 N–H and O–H groups in total. The summed E-state index contributed by atoms with van der Waals surface area (Å²) in [6, 6.07) is 21.5. The van der Waals surface area contributed by atoms with E-state index in [1.165, 1.54) is 0 Å². The quantitative estimate of drug-likeness (QED) is 0.699. The number of nitrogens with one attached hydrogen (secondary N) is 1. The number of nitrogens with two attached hydrogens (primary N) is 1. The second kappa shape index (κ2) is 8.19. The molecule has 0 fully saturated rings. The van der Waals surface area contributed by atoms with E-state index in [-0.39, 0.29) is 5.91 Å². The van der Waals surface area contributed by atoms with E-state index in [0.717, 1.165) is 11.1 Å². The van der Waals surface area contributed by atoms with Gasteiger partial charge in [-0.25, -0.2) is 0 Å². The molecular weight excluding hydrogens is 340 g/mol. The highest BCUT2D eigenvalue weighted by Crippen LogP contribution is 2.21. The molecule has 3 aromatic rings. The van der Waals surface area contributed by atoms with Gasteiger partial charge in [-0.05, 0) is 48.9 Å². The summed E-state index contributed by atoms with van der Waals surface area (Å²) in [7, 11) is 0. The van der Waals surface area contributed by atoms with Crippen molar-refractivity contribution in [2.75, 3.05) is 5.32 Å². The first-order chi connectivity index (χ1) is 13.0. The third kappa shape index (κ3) is 4.73. The van der Waals surface area contributed by atoms with Gasteiger partial charge in [0, 0.05) is 11.3 Å². The number of carbonyl (C=O) groups excluding carboxylic acids is 2. The second-order valence-electron chi connectivity index (χ2n) is 6.17. The van der Waals surface area contributed by atoms with E-state index >= 15 is 0 Å². The lowest BCUT2D eigenvalue weighted by Crippen LogP contribution is -2.14. The zero-order valence-electron chi connectivity index (χ0n) is 14.9. The third-order valence-corrected chi connectivity index (χ3v) is 4.04. The fourth-order valence-corrected chi connectivity index (χ4v) is 2.66. The predicted molar refractivity (Wildman–Crippen MR) is 105 cm³/mol. The van der Waals surface area contributed by atoms with Crippen LogP contribution in [0.15, 0.2) is 72.8 Å². The standard InChI is InChI=1S/C22H20N2O3/c1-15-5-4-6-16(13-15)14-27-20-8-3-2-7-19(20)22(26)24-18-11-9-17(10-12-18)21(23)25/h2-13H,14H2,1H3,(H2,23,25)(H,24,26). The molecule has 5 heteroatoms. The lowest BCUT2D eigenvalue weighted by molar-refractivity contribution is 0.0997. The Morgan fingerprint density at radius 3 is 2.41 bits per heavy atom. The van der Waals surface area contributed by atoms with Crippen molar-refractivity contribution >= 4 is 17.5 Å². The molecule has 0 radical (unpaired) electrons. The zero-order chi connectivity index (χ0) is 19.2. The van der Waals surface area contributed by atoms with Crippen molar-refractivity contribution in [2.24, 2.45) is 5.73 Å². The zero-order valence-corrected chi connectivity index (χ0v) is 14.9. The van der Waals surface area contributed by atoms with Crippen molar-refractivity contribution in [3.8, 4) is 5.75 Å². The Balaban J connectivity index is 1.72. The molecule has 3 aromatic carbocycles. The third-order valence-electron chi connectivity index (χ3n) is 4.04. The van der Waals surface area contributed by atoms with E-state index in [1.54, 1.807) is 42.5 Å². The van der Waals surface area contributed by atoms with E-state index in [9.17, 15) is 9.59 Å². The lowest BCUT2D eigenvalue weighted by Gasteiger charge is -2.12. The maximum absolute atomic E-state index is 12.6. The normalized spacial score (nSPS) is 10.3. The van der Waals surface area contributed by atoms with Gasteiger partial charge >= 0.3 is 0 Å². The molecule has 0 unspecified atom stereocenters. The van der Waals surface area contributed by atoms with Crippen LogP contribution in [0.1, 0.15) is 31.8 Å². The monoisotopic (exact) mass is 360 g/mol. The minimum Gasteiger partial charge on any atom is -0.488 e.